The Bertz CT molecular complexity index is 1050. The number of fused-ring (bicyclic) bond motifs is 2. The zero-order valence-corrected chi connectivity index (χ0v) is 12.9. The zero-order valence-electron chi connectivity index (χ0n) is 12.1. The quantitative estimate of drug-likeness (QED) is 0.494. The normalized spacial score (nSPS) is 11.7. The summed E-state index contributed by atoms with van der Waals surface area (Å²) in [7, 11) is 0. The number of benzene rings is 2. The molecule has 0 aliphatic heterocycles. The van der Waals surface area contributed by atoms with Crippen LogP contribution in [-0.4, -0.2) is 9.97 Å². The van der Waals surface area contributed by atoms with E-state index in [1.54, 1.807) is 6.20 Å². The van der Waals surface area contributed by atoms with E-state index in [1.165, 1.54) is 11.3 Å². The first-order chi connectivity index (χ1) is 11.3. The van der Waals surface area contributed by atoms with Crippen LogP contribution in [-0.2, 0) is 0 Å². The number of nitriles is 1. The van der Waals surface area contributed by atoms with Crippen molar-refractivity contribution in [1.82, 2.24) is 9.97 Å². The second kappa shape index (κ2) is 5.64. The number of pyridine rings is 1. The summed E-state index contributed by atoms with van der Waals surface area (Å²) in [5.74, 6) is 0. The number of para-hydroxylation sites is 2. The van der Waals surface area contributed by atoms with Crippen molar-refractivity contribution in [2.24, 2.45) is 0 Å². The summed E-state index contributed by atoms with van der Waals surface area (Å²) in [6.45, 7) is 0. The van der Waals surface area contributed by atoms with E-state index >= 15 is 0 Å². The minimum absolute atomic E-state index is 0.572. The van der Waals surface area contributed by atoms with Crippen LogP contribution in [0.25, 0.3) is 32.8 Å². The number of thiazole rings is 1. The standard InChI is InChI=1S/C19H11N3S/c20-12-14(19-22-17-7-3-4-8-18(17)23-19)11-13-9-10-21-16-6-2-1-5-15(13)16/h1-11H. The lowest BCUT2D eigenvalue weighted by atomic mass is 10.1. The van der Waals surface area contributed by atoms with Crippen LogP contribution in [0.4, 0.5) is 0 Å². The van der Waals surface area contributed by atoms with E-state index in [0.29, 0.717) is 5.57 Å². The molecule has 2 aromatic carbocycles. The molecule has 0 fully saturated rings. The van der Waals surface area contributed by atoms with Crippen LogP contribution < -0.4 is 0 Å². The molecule has 0 N–H and O–H groups in total. The lowest BCUT2D eigenvalue weighted by molar-refractivity contribution is 1.40. The number of rotatable bonds is 2. The molecule has 0 aliphatic carbocycles. The van der Waals surface area contributed by atoms with E-state index in [4.69, 9.17) is 0 Å². The van der Waals surface area contributed by atoms with E-state index in [0.717, 1.165) is 31.7 Å². The summed E-state index contributed by atoms with van der Waals surface area (Å²) in [6, 6.07) is 20.1. The van der Waals surface area contributed by atoms with Gasteiger partial charge in [0.15, 0.2) is 0 Å². The maximum atomic E-state index is 9.57. The van der Waals surface area contributed by atoms with Crippen molar-refractivity contribution >= 4 is 44.1 Å². The third-order valence-corrected chi connectivity index (χ3v) is 4.70. The van der Waals surface area contributed by atoms with Crippen molar-refractivity contribution in [3.8, 4) is 6.07 Å². The average molecular weight is 313 g/mol. The van der Waals surface area contributed by atoms with Gasteiger partial charge in [0.2, 0.25) is 0 Å². The zero-order chi connectivity index (χ0) is 15.6. The topological polar surface area (TPSA) is 49.6 Å². The number of aromatic nitrogens is 2. The first-order valence-electron chi connectivity index (χ1n) is 7.16. The average Bonchev–Trinajstić information content (AvgIpc) is 3.03. The smallest absolute Gasteiger partial charge is 0.135 e. The molecule has 23 heavy (non-hydrogen) atoms. The largest absolute Gasteiger partial charge is 0.256 e. The molecule has 4 heteroatoms. The van der Waals surface area contributed by atoms with Gasteiger partial charge in [-0.1, -0.05) is 30.3 Å². The third kappa shape index (κ3) is 2.48. The van der Waals surface area contributed by atoms with Crippen LogP contribution >= 0.6 is 11.3 Å². The van der Waals surface area contributed by atoms with Gasteiger partial charge in [-0.15, -0.1) is 11.3 Å². The Morgan fingerprint density at radius 1 is 1.00 bits per heavy atom. The van der Waals surface area contributed by atoms with Crippen molar-refractivity contribution in [3.63, 3.8) is 0 Å². The monoisotopic (exact) mass is 313 g/mol. The van der Waals surface area contributed by atoms with Gasteiger partial charge in [-0.05, 0) is 35.9 Å². The molecule has 0 saturated carbocycles. The maximum absolute atomic E-state index is 9.57. The molecule has 0 spiro atoms. The summed E-state index contributed by atoms with van der Waals surface area (Å²) in [5.41, 5.74) is 3.39. The summed E-state index contributed by atoms with van der Waals surface area (Å²) >= 11 is 1.54. The van der Waals surface area contributed by atoms with Crippen molar-refractivity contribution < 1.29 is 0 Å². The van der Waals surface area contributed by atoms with Crippen LogP contribution in [0.1, 0.15) is 10.6 Å². The summed E-state index contributed by atoms with van der Waals surface area (Å²) in [5, 5.41) is 11.3. The van der Waals surface area contributed by atoms with E-state index in [2.05, 4.69) is 16.0 Å². The molecular weight excluding hydrogens is 302 g/mol. The molecule has 0 unspecified atom stereocenters. The molecule has 4 rings (SSSR count). The van der Waals surface area contributed by atoms with Crippen molar-refractivity contribution in [2.45, 2.75) is 0 Å². The first kappa shape index (κ1) is 13.6. The Kier molecular flexibility index (Phi) is 3.34. The first-order valence-corrected chi connectivity index (χ1v) is 7.98. The molecule has 0 atom stereocenters. The highest BCUT2D eigenvalue weighted by molar-refractivity contribution is 7.19. The minimum atomic E-state index is 0.572. The van der Waals surface area contributed by atoms with Gasteiger partial charge in [-0.2, -0.15) is 5.26 Å². The Morgan fingerprint density at radius 3 is 2.61 bits per heavy atom. The third-order valence-electron chi connectivity index (χ3n) is 3.63. The Balaban J connectivity index is 1.88. The predicted molar refractivity (Wildman–Crippen MR) is 94.8 cm³/mol. The highest BCUT2D eigenvalue weighted by Crippen LogP contribution is 2.29. The van der Waals surface area contributed by atoms with Crippen molar-refractivity contribution in [1.29, 1.82) is 5.26 Å². The highest BCUT2D eigenvalue weighted by atomic mass is 32.1. The molecule has 4 aromatic rings. The Hall–Kier alpha value is -3.03. The molecule has 0 bridgehead atoms. The van der Waals surface area contributed by atoms with Gasteiger partial charge in [0, 0.05) is 11.6 Å². The molecule has 3 nitrogen and oxygen atoms in total. The van der Waals surface area contributed by atoms with Gasteiger partial charge >= 0.3 is 0 Å². The minimum Gasteiger partial charge on any atom is -0.256 e. The second-order valence-electron chi connectivity index (χ2n) is 5.07. The van der Waals surface area contributed by atoms with Crippen LogP contribution in [0.15, 0.2) is 60.8 Å². The van der Waals surface area contributed by atoms with Gasteiger partial charge in [-0.25, -0.2) is 4.98 Å². The predicted octanol–water partition coefficient (Wildman–Crippen LogP) is 4.91. The number of hydrogen-bond acceptors (Lipinski definition) is 4. The van der Waals surface area contributed by atoms with Gasteiger partial charge < -0.3 is 0 Å². The number of nitrogens with zero attached hydrogens (tertiary/aromatic N) is 3. The number of allylic oxidation sites excluding steroid dienone is 1. The van der Waals surface area contributed by atoms with Crippen LogP contribution in [0.3, 0.4) is 0 Å². The van der Waals surface area contributed by atoms with Gasteiger partial charge in [-0.3, -0.25) is 4.98 Å². The maximum Gasteiger partial charge on any atom is 0.135 e. The van der Waals surface area contributed by atoms with E-state index in [1.807, 2.05) is 60.7 Å². The Labute approximate surface area is 137 Å². The number of hydrogen-bond donors (Lipinski definition) is 0. The fraction of sp³-hybridized carbons (Fsp3) is 0. The molecule has 2 heterocycles. The van der Waals surface area contributed by atoms with Crippen LogP contribution in [0, 0.1) is 11.3 Å². The van der Waals surface area contributed by atoms with E-state index in [9.17, 15) is 5.26 Å². The molecule has 108 valence electrons. The summed E-state index contributed by atoms with van der Waals surface area (Å²) < 4.78 is 1.09. The molecule has 0 saturated heterocycles. The van der Waals surface area contributed by atoms with Gasteiger partial charge in [0.25, 0.3) is 0 Å². The fourth-order valence-corrected chi connectivity index (χ4v) is 3.46. The summed E-state index contributed by atoms with van der Waals surface area (Å²) in [6.07, 6.45) is 3.66. The lowest BCUT2D eigenvalue weighted by Crippen LogP contribution is -1.84. The fourth-order valence-electron chi connectivity index (χ4n) is 2.53. The van der Waals surface area contributed by atoms with E-state index < -0.39 is 0 Å². The van der Waals surface area contributed by atoms with Crippen molar-refractivity contribution in [2.75, 3.05) is 0 Å². The molecule has 0 aliphatic rings. The molecule has 0 amide bonds. The van der Waals surface area contributed by atoms with Gasteiger partial charge in [0.1, 0.15) is 11.1 Å². The Morgan fingerprint density at radius 2 is 1.78 bits per heavy atom. The van der Waals surface area contributed by atoms with Gasteiger partial charge in [0.05, 0.1) is 21.3 Å². The van der Waals surface area contributed by atoms with Crippen LogP contribution in [0.5, 0.6) is 0 Å². The lowest BCUT2D eigenvalue weighted by Gasteiger charge is -2.01. The second-order valence-corrected chi connectivity index (χ2v) is 6.10. The van der Waals surface area contributed by atoms with Crippen LogP contribution in [0.2, 0.25) is 0 Å². The van der Waals surface area contributed by atoms with Crippen molar-refractivity contribution in [3.05, 3.63) is 71.4 Å². The molecule has 2 aromatic heterocycles. The molecular formula is C19H11N3S. The SMILES string of the molecule is N#CC(=Cc1ccnc2ccccc12)c1nc2ccccc2s1. The molecule has 0 radical (unpaired) electrons. The van der Waals surface area contributed by atoms with E-state index in [-0.39, 0.29) is 0 Å². The summed E-state index contributed by atoms with van der Waals surface area (Å²) in [4.78, 5) is 8.93. The highest BCUT2D eigenvalue weighted by Gasteiger charge is 2.09.